The molecule has 0 aromatic heterocycles. The monoisotopic (exact) mass is 312 g/mol. The molecular formula is C15H24N2O3S. The van der Waals surface area contributed by atoms with E-state index in [1.807, 2.05) is 32.9 Å². The van der Waals surface area contributed by atoms with Gasteiger partial charge in [-0.3, -0.25) is 9.10 Å². The number of carbonyl (C=O) groups is 1. The Labute approximate surface area is 127 Å². The van der Waals surface area contributed by atoms with E-state index in [2.05, 4.69) is 5.32 Å². The van der Waals surface area contributed by atoms with Crippen molar-refractivity contribution in [3.63, 3.8) is 0 Å². The lowest BCUT2D eigenvalue weighted by atomic mass is 10.1. The zero-order valence-electron chi connectivity index (χ0n) is 13.1. The van der Waals surface area contributed by atoms with Crippen LogP contribution in [-0.2, 0) is 14.8 Å². The van der Waals surface area contributed by atoms with Crippen LogP contribution in [0, 0.1) is 13.8 Å². The highest BCUT2D eigenvalue weighted by molar-refractivity contribution is 7.92. The van der Waals surface area contributed by atoms with Gasteiger partial charge in [-0.1, -0.05) is 25.5 Å². The highest BCUT2D eigenvalue weighted by Gasteiger charge is 2.22. The standard InChI is InChI=1S/C15H24N2O3S/c1-5-6-9-16-15(18)11-17(21(4,19)20)14-10-12(2)7-8-13(14)3/h7-8,10H,5-6,9,11H2,1-4H3,(H,16,18). The Balaban J connectivity index is 2.97. The van der Waals surface area contributed by atoms with Crippen LogP contribution in [0.15, 0.2) is 18.2 Å². The number of benzene rings is 1. The van der Waals surface area contributed by atoms with E-state index in [-0.39, 0.29) is 12.5 Å². The smallest absolute Gasteiger partial charge is 0.240 e. The van der Waals surface area contributed by atoms with E-state index in [0.29, 0.717) is 12.2 Å². The first-order valence-electron chi connectivity index (χ1n) is 7.07. The molecule has 0 aliphatic carbocycles. The topological polar surface area (TPSA) is 66.5 Å². The van der Waals surface area contributed by atoms with E-state index in [0.717, 1.165) is 34.5 Å². The number of hydrogen-bond acceptors (Lipinski definition) is 3. The molecule has 0 unspecified atom stereocenters. The summed E-state index contributed by atoms with van der Waals surface area (Å²) in [6, 6.07) is 5.56. The fourth-order valence-electron chi connectivity index (χ4n) is 1.96. The fourth-order valence-corrected chi connectivity index (χ4v) is 2.87. The maximum absolute atomic E-state index is 12.0. The summed E-state index contributed by atoms with van der Waals surface area (Å²) in [6.45, 7) is 6.14. The molecule has 0 aliphatic rings. The molecule has 118 valence electrons. The number of carbonyl (C=O) groups excluding carboxylic acids is 1. The molecule has 0 spiro atoms. The third kappa shape index (κ3) is 5.38. The predicted molar refractivity (Wildman–Crippen MR) is 86.0 cm³/mol. The number of nitrogens with zero attached hydrogens (tertiary/aromatic N) is 1. The Morgan fingerprint density at radius 1 is 1.29 bits per heavy atom. The lowest BCUT2D eigenvalue weighted by molar-refractivity contribution is -0.119. The number of aryl methyl sites for hydroxylation is 2. The second-order valence-electron chi connectivity index (χ2n) is 5.26. The summed E-state index contributed by atoms with van der Waals surface area (Å²) in [5.74, 6) is -0.283. The van der Waals surface area contributed by atoms with Crippen LogP contribution in [0.25, 0.3) is 0 Å². The molecule has 1 aromatic rings. The molecule has 0 heterocycles. The third-order valence-corrected chi connectivity index (χ3v) is 4.30. The van der Waals surface area contributed by atoms with Crippen molar-refractivity contribution in [2.45, 2.75) is 33.6 Å². The second-order valence-corrected chi connectivity index (χ2v) is 7.17. The minimum Gasteiger partial charge on any atom is -0.355 e. The molecule has 0 aliphatic heterocycles. The lowest BCUT2D eigenvalue weighted by Gasteiger charge is -2.24. The Morgan fingerprint density at radius 2 is 1.95 bits per heavy atom. The van der Waals surface area contributed by atoms with Gasteiger partial charge in [0.1, 0.15) is 6.54 Å². The van der Waals surface area contributed by atoms with Gasteiger partial charge >= 0.3 is 0 Å². The summed E-state index contributed by atoms with van der Waals surface area (Å²) in [7, 11) is -3.51. The molecule has 0 saturated heterocycles. The largest absolute Gasteiger partial charge is 0.355 e. The summed E-state index contributed by atoms with van der Waals surface area (Å²) < 4.78 is 25.2. The number of sulfonamides is 1. The van der Waals surface area contributed by atoms with Crippen molar-refractivity contribution in [1.29, 1.82) is 0 Å². The molecule has 0 atom stereocenters. The molecule has 5 nitrogen and oxygen atoms in total. The highest BCUT2D eigenvalue weighted by atomic mass is 32.2. The molecule has 0 radical (unpaired) electrons. The van der Waals surface area contributed by atoms with Crippen molar-refractivity contribution in [3.05, 3.63) is 29.3 Å². The maximum atomic E-state index is 12.0. The second kappa shape index (κ2) is 7.45. The Morgan fingerprint density at radius 3 is 2.52 bits per heavy atom. The predicted octanol–water partition coefficient (Wildman–Crippen LogP) is 1.99. The van der Waals surface area contributed by atoms with Crippen molar-refractivity contribution < 1.29 is 13.2 Å². The number of hydrogen-bond donors (Lipinski definition) is 1. The van der Waals surface area contributed by atoms with Crippen molar-refractivity contribution >= 4 is 21.6 Å². The average Bonchev–Trinajstić information content (AvgIpc) is 2.38. The number of nitrogens with one attached hydrogen (secondary N) is 1. The van der Waals surface area contributed by atoms with E-state index in [1.165, 1.54) is 0 Å². The van der Waals surface area contributed by atoms with Crippen LogP contribution in [0.2, 0.25) is 0 Å². The van der Waals surface area contributed by atoms with E-state index in [9.17, 15) is 13.2 Å². The van der Waals surface area contributed by atoms with Gasteiger partial charge in [0.2, 0.25) is 15.9 Å². The molecule has 6 heteroatoms. The summed E-state index contributed by atoms with van der Waals surface area (Å²) in [4.78, 5) is 11.9. The fraction of sp³-hybridized carbons (Fsp3) is 0.533. The third-order valence-electron chi connectivity index (χ3n) is 3.17. The normalized spacial score (nSPS) is 11.2. The number of unbranched alkanes of at least 4 members (excludes halogenated alkanes) is 1. The van der Waals surface area contributed by atoms with Crippen LogP contribution in [0.4, 0.5) is 5.69 Å². The number of rotatable bonds is 7. The van der Waals surface area contributed by atoms with E-state index < -0.39 is 10.0 Å². The summed E-state index contributed by atoms with van der Waals surface area (Å²) in [5, 5.41) is 2.74. The van der Waals surface area contributed by atoms with Gasteiger partial charge in [-0.2, -0.15) is 0 Å². The lowest BCUT2D eigenvalue weighted by Crippen LogP contribution is -2.41. The summed E-state index contributed by atoms with van der Waals surface area (Å²) >= 11 is 0. The SMILES string of the molecule is CCCCNC(=O)CN(c1cc(C)ccc1C)S(C)(=O)=O. The minimum absolute atomic E-state index is 0.188. The molecular weight excluding hydrogens is 288 g/mol. The highest BCUT2D eigenvalue weighted by Crippen LogP contribution is 2.23. The van der Waals surface area contributed by atoms with Crippen molar-refractivity contribution in [2.24, 2.45) is 0 Å². The molecule has 21 heavy (non-hydrogen) atoms. The quantitative estimate of drug-likeness (QED) is 0.783. The first kappa shape index (κ1) is 17.5. The number of anilines is 1. The molecule has 1 amide bonds. The minimum atomic E-state index is -3.51. The molecule has 0 fully saturated rings. The van der Waals surface area contributed by atoms with Gasteiger partial charge in [-0.25, -0.2) is 8.42 Å². The Bertz CT molecular complexity index is 597. The van der Waals surface area contributed by atoms with Crippen molar-refractivity contribution in [3.8, 4) is 0 Å². The Kier molecular flexibility index (Phi) is 6.20. The van der Waals surface area contributed by atoms with Gasteiger partial charge in [0, 0.05) is 6.54 Å². The summed E-state index contributed by atoms with van der Waals surface area (Å²) in [6.07, 6.45) is 2.98. The van der Waals surface area contributed by atoms with Crippen LogP contribution in [-0.4, -0.2) is 33.7 Å². The molecule has 1 N–H and O–H groups in total. The van der Waals surface area contributed by atoms with E-state index in [4.69, 9.17) is 0 Å². The van der Waals surface area contributed by atoms with Crippen LogP contribution in [0.5, 0.6) is 0 Å². The first-order chi connectivity index (χ1) is 9.75. The van der Waals surface area contributed by atoms with Gasteiger partial charge in [0.25, 0.3) is 0 Å². The van der Waals surface area contributed by atoms with Gasteiger partial charge in [-0.05, 0) is 37.5 Å². The average molecular weight is 312 g/mol. The zero-order valence-corrected chi connectivity index (χ0v) is 14.0. The molecule has 0 bridgehead atoms. The van der Waals surface area contributed by atoms with Gasteiger partial charge < -0.3 is 5.32 Å². The van der Waals surface area contributed by atoms with Crippen molar-refractivity contribution in [1.82, 2.24) is 5.32 Å². The van der Waals surface area contributed by atoms with Gasteiger partial charge in [0.15, 0.2) is 0 Å². The van der Waals surface area contributed by atoms with Gasteiger partial charge in [-0.15, -0.1) is 0 Å². The van der Waals surface area contributed by atoms with Crippen LogP contribution in [0.3, 0.4) is 0 Å². The Hall–Kier alpha value is -1.56. The molecule has 1 rings (SSSR count). The van der Waals surface area contributed by atoms with Crippen LogP contribution < -0.4 is 9.62 Å². The van der Waals surface area contributed by atoms with E-state index in [1.54, 1.807) is 6.07 Å². The first-order valence-corrected chi connectivity index (χ1v) is 8.92. The van der Waals surface area contributed by atoms with Crippen LogP contribution in [0.1, 0.15) is 30.9 Å². The van der Waals surface area contributed by atoms with E-state index >= 15 is 0 Å². The van der Waals surface area contributed by atoms with Crippen molar-refractivity contribution in [2.75, 3.05) is 23.7 Å². The van der Waals surface area contributed by atoms with Gasteiger partial charge in [0.05, 0.1) is 11.9 Å². The zero-order chi connectivity index (χ0) is 16.0. The molecule has 0 saturated carbocycles. The maximum Gasteiger partial charge on any atom is 0.240 e. The van der Waals surface area contributed by atoms with Crippen LogP contribution >= 0.6 is 0 Å². The summed E-state index contributed by atoms with van der Waals surface area (Å²) in [5.41, 5.74) is 2.34. The number of amides is 1. The molecule has 1 aromatic carbocycles.